The Labute approximate surface area is 115 Å². The molecule has 0 aliphatic heterocycles. The van der Waals surface area contributed by atoms with Gasteiger partial charge < -0.3 is 10.6 Å². The summed E-state index contributed by atoms with van der Waals surface area (Å²) in [5.41, 5.74) is 5.97. The first-order valence-corrected chi connectivity index (χ1v) is 7.98. The zero-order valence-electron chi connectivity index (χ0n) is 11.8. The number of benzene rings is 1. The van der Waals surface area contributed by atoms with E-state index in [4.69, 9.17) is 5.73 Å². The molecule has 0 aromatic heterocycles. The highest BCUT2D eigenvalue weighted by molar-refractivity contribution is 7.89. The highest BCUT2D eigenvalue weighted by atomic mass is 32.2. The molecule has 5 nitrogen and oxygen atoms in total. The first-order chi connectivity index (χ1) is 8.90. The number of rotatable bonds is 7. The number of nitrogens with zero attached hydrogens (tertiary/aromatic N) is 1. The molecule has 0 saturated carbocycles. The van der Waals surface area contributed by atoms with Crippen LogP contribution in [0.3, 0.4) is 0 Å². The first-order valence-electron chi connectivity index (χ1n) is 6.49. The van der Waals surface area contributed by atoms with Gasteiger partial charge in [0, 0.05) is 12.6 Å². The van der Waals surface area contributed by atoms with Crippen LogP contribution in [0.5, 0.6) is 0 Å². The Hall–Kier alpha value is -1.11. The molecule has 0 radical (unpaired) electrons. The van der Waals surface area contributed by atoms with Crippen molar-refractivity contribution in [2.45, 2.75) is 31.7 Å². The Morgan fingerprint density at radius 2 is 1.84 bits per heavy atom. The normalized spacial score (nSPS) is 13.7. The molecule has 1 rings (SSSR count). The number of hydrogen-bond donors (Lipinski definition) is 2. The summed E-state index contributed by atoms with van der Waals surface area (Å²) in [6.45, 7) is 8.44. The second kappa shape index (κ2) is 6.88. The highest BCUT2D eigenvalue weighted by Crippen LogP contribution is 2.17. The van der Waals surface area contributed by atoms with E-state index >= 15 is 0 Å². The second-order valence-corrected chi connectivity index (χ2v) is 6.23. The Morgan fingerprint density at radius 3 is 2.37 bits per heavy atom. The van der Waals surface area contributed by atoms with Crippen molar-refractivity contribution in [2.75, 3.05) is 25.4 Å². The van der Waals surface area contributed by atoms with Gasteiger partial charge in [0.2, 0.25) is 10.0 Å². The predicted octanol–water partition coefficient (Wildman–Crippen LogP) is 1.28. The summed E-state index contributed by atoms with van der Waals surface area (Å²) in [5.74, 6) is 0. The molecule has 1 aromatic carbocycles. The van der Waals surface area contributed by atoms with Gasteiger partial charge in [0.1, 0.15) is 4.90 Å². The van der Waals surface area contributed by atoms with E-state index in [2.05, 4.69) is 23.5 Å². The number of hydrogen-bond acceptors (Lipinski definition) is 4. The van der Waals surface area contributed by atoms with Gasteiger partial charge in [-0.25, -0.2) is 13.1 Å². The molecular weight excluding hydrogens is 262 g/mol. The van der Waals surface area contributed by atoms with Gasteiger partial charge in [0.05, 0.1) is 5.69 Å². The molecule has 3 N–H and O–H groups in total. The van der Waals surface area contributed by atoms with E-state index in [-0.39, 0.29) is 16.6 Å². The lowest BCUT2D eigenvalue weighted by atomic mass is 10.3. The van der Waals surface area contributed by atoms with Crippen molar-refractivity contribution in [3.63, 3.8) is 0 Å². The van der Waals surface area contributed by atoms with Crippen LogP contribution in [0, 0.1) is 0 Å². The van der Waals surface area contributed by atoms with Crippen LogP contribution < -0.4 is 10.5 Å². The van der Waals surface area contributed by atoms with Gasteiger partial charge in [-0.15, -0.1) is 0 Å². The molecule has 0 fully saturated rings. The molecule has 1 atom stereocenters. The third kappa shape index (κ3) is 4.49. The van der Waals surface area contributed by atoms with Crippen LogP contribution in [0.25, 0.3) is 0 Å². The fourth-order valence-corrected chi connectivity index (χ4v) is 3.33. The van der Waals surface area contributed by atoms with Crippen LogP contribution in [-0.4, -0.2) is 39.0 Å². The van der Waals surface area contributed by atoms with Crippen molar-refractivity contribution >= 4 is 15.7 Å². The van der Waals surface area contributed by atoms with Crippen LogP contribution in [-0.2, 0) is 10.0 Å². The molecule has 1 unspecified atom stereocenters. The van der Waals surface area contributed by atoms with E-state index in [1.165, 1.54) is 6.07 Å². The van der Waals surface area contributed by atoms with Crippen molar-refractivity contribution in [1.29, 1.82) is 0 Å². The average Bonchev–Trinajstić information content (AvgIpc) is 2.35. The summed E-state index contributed by atoms with van der Waals surface area (Å²) in [7, 11) is -3.55. The fourth-order valence-electron chi connectivity index (χ4n) is 1.96. The third-order valence-electron chi connectivity index (χ3n) is 2.99. The molecular formula is C13H23N3O2S. The van der Waals surface area contributed by atoms with Gasteiger partial charge in [0.25, 0.3) is 0 Å². The molecule has 0 aliphatic rings. The fraction of sp³-hybridized carbons (Fsp3) is 0.538. The number of nitrogens with two attached hydrogens (primary N) is 1. The van der Waals surface area contributed by atoms with Crippen LogP contribution in [0.2, 0.25) is 0 Å². The van der Waals surface area contributed by atoms with Crippen molar-refractivity contribution in [2.24, 2.45) is 0 Å². The van der Waals surface area contributed by atoms with Crippen LogP contribution >= 0.6 is 0 Å². The SMILES string of the molecule is CCN(CC)CC(C)NS(=O)(=O)c1ccccc1N. The van der Waals surface area contributed by atoms with E-state index in [1.807, 2.05) is 6.92 Å². The van der Waals surface area contributed by atoms with E-state index < -0.39 is 10.0 Å². The minimum Gasteiger partial charge on any atom is -0.398 e. The number of para-hydroxylation sites is 1. The molecule has 0 aliphatic carbocycles. The minimum absolute atomic E-state index is 0.140. The number of anilines is 1. The minimum atomic E-state index is -3.55. The van der Waals surface area contributed by atoms with Crippen LogP contribution in [0.15, 0.2) is 29.2 Å². The van der Waals surface area contributed by atoms with Crippen LogP contribution in [0.1, 0.15) is 20.8 Å². The Morgan fingerprint density at radius 1 is 1.26 bits per heavy atom. The smallest absolute Gasteiger partial charge is 0.242 e. The maximum atomic E-state index is 12.2. The largest absolute Gasteiger partial charge is 0.398 e. The first kappa shape index (κ1) is 15.9. The molecule has 0 bridgehead atoms. The topological polar surface area (TPSA) is 75.4 Å². The predicted molar refractivity (Wildman–Crippen MR) is 78.4 cm³/mol. The van der Waals surface area contributed by atoms with E-state index in [1.54, 1.807) is 18.2 Å². The van der Waals surface area contributed by atoms with Gasteiger partial charge in [-0.2, -0.15) is 0 Å². The van der Waals surface area contributed by atoms with Gasteiger partial charge in [0.15, 0.2) is 0 Å². The van der Waals surface area contributed by atoms with Gasteiger partial charge in [-0.1, -0.05) is 26.0 Å². The Bertz CT molecular complexity index is 498. The maximum absolute atomic E-state index is 12.2. The number of sulfonamides is 1. The summed E-state index contributed by atoms with van der Waals surface area (Å²) >= 11 is 0. The summed E-state index contributed by atoms with van der Waals surface area (Å²) in [5, 5.41) is 0. The molecule has 19 heavy (non-hydrogen) atoms. The second-order valence-electron chi connectivity index (χ2n) is 4.55. The highest BCUT2D eigenvalue weighted by Gasteiger charge is 2.20. The van der Waals surface area contributed by atoms with E-state index in [0.29, 0.717) is 6.54 Å². The van der Waals surface area contributed by atoms with E-state index in [9.17, 15) is 8.42 Å². The molecule has 1 aromatic rings. The zero-order chi connectivity index (χ0) is 14.5. The van der Waals surface area contributed by atoms with Crippen molar-refractivity contribution in [3.05, 3.63) is 24.3 Å². The zero-order valence-corrected chi connectivity index (χ0v) is 12.6. The summed E-state index contributed by atoms with van der Waals surface area (Å²) in [6, 6.07) is 6.32. The van der Waals surface area contributed by atoms with Crippen molar-refractivity contribution in [3.8, 4) is 0 Å². The lowest BCUT2D eigenvalue weighted by molar-refractivity contribution is 0.282. The standard InChI is InChI=1S/C13H23N3O2S/c1-4-16(5-2)10-11(3)15-19(17,18)13-9-7-6-8-12(13)14/h6-9,11,15H,4-5,10,14H2,1-3H3. The monoisotopic (exact) mass is 285 g/mol. The number of likely N-dealkylation sites (N-methyl/N-ethyl adjacent to an activating group) is 1. The summed E-state index contributed by atoms with van der Waals surface area (Å²) < 4.78 is 27.1. The number of nitrogen functional groups attached to an aromatic ring is 1. The summed E-state index contributed by atoms with van der Waals surface area (Å²) in [4.78, 5) is 2.31. The Kier molecular flexibility index (Phi) is 5.78. The molecule has 0 heterocycles. The van der Waals surface area contributed by atoms with Crippen molar-refractivity contribution in [1.82, 2.24) is 9.62 Å². The Balaban J connectivity index is 2.78. The lowest BCUT2D eigenvalue weighted by Gasteiger charge is -2.23. The molecule has 0 spiro atoms. The molecule has 6 heteroatoms. The molecule has 0 saturated heterocycles. The van der Waals surface area contributed by atoms with Gasteiger partial charge >= 0.3 is 0 Å². The van der Waals surface area contributed by atoms with Crippen LogP contribution in [0.4, 0.5) is 5.69 Å². The molecule has 108 valence electrons. The number of nitrogens with one attached hydrogen (secondary N) is 1. The molecule has 0 amide bonds. The quantitative estimate of drug-likeness (QED) is 0.740. The summed E-state index contributed by atoms with van der Waals surface area (Å²) in [6.07, 6.45) is 0. The van der Waals surface area contributed by atoms with Crippen molar-refractivity contribution < 1.29 is 8.42 Å². The lowest BCUT2D eigenvalue weighted by Crippen LogP contribution is -2.42. The van der Waals surface area contributed by atoms with Gasteiger partial charge in [-0.3, -0.25) is 0 Å². The third-order valence-corrected chi connectivity index (χ3v) is 4.65. The maximum Gasteiger partial charge on any atom is 0.242 e. The average molecular weight is 285 g/mol. The van der Waals surface area contributed by atoms with E-state index in [0.717, 1.165) is 13.1 Å². The van der Waals surface area contributed by atoms with Gasteiger partial charge in [-0.05, 0) is 32.1 Å².